The lowest BCUT2D eigenvalue weighted by Gasteiger charge is -2.27. The molecule has 0 spiro atoms. The first kappa shape index (κ1) is 14.0. The number of hydrogen-bond acceptors (Lipinski definition) is 5. The van der Waals surface area contributed by atoms with Gasteiger partial charge in [-0.15, -0.1) is 6.58 Å². The van der Waals surface area contributed by atoms with Crippen molar-refractivity contribution >= 4 is 11.9 Å². The van der Waals surface area contributed by atoms with E-state index in [1.54, 1.807) is 13.8 Å². The van der Waals surface area contributed by atoms with Crippen LogP contribution in [0.4, 0.5) is 0 Å². The zero-order valence-electron chi connectivity index (χ0n) is 11.0. The lowest BCUT2D eigenvalue weighted by atomic mass is 9.85. The number of esters is 2. The Bertz CT molecular complexity index is 422. The predicted octanol–water partition coefficient (Wildman–Crippen LogP) is 1.29. The van der Waals surface area contributed by atoms with Crippen molar-refractivity contribution in [3.63, 3.8) is 0 Å². The third-order valence-corrected chi connectivity index (χ3v) is 2.85. The van der Waals surface area contributed by atoms with Gasteiger partial charge in [0.25, 0.3) is 0 Å². The molecule has 5 nitrogen and oxygen atoms in total. The summed E-state index contributed by atoms with van der Waals surface area (Å²) in [4.78, 5) is 23.5. The van der Waals surface area contributed by atoms with Crippen molar-refractivity contribution in [2.75, 3.05) is 14.2 Å². The summed E-state index contributed by atoms with van der Waals surface area (Å²) in [6.07, 6.45) is 1.53. The Hall–Kier alpha value is -2.04. The Kier molecular flexibility index (Phi) is 4.31. The summed E-state index contributed by atoms with van der Waals surface area (Å²) in [5, 5.41) is 2.98. The van der Waals surface area contributed by atoms with Gasteiger partial charge >= 0.3 is 11.9 Å². The van der Waals surface area contributed by atoms with E-state index in [1.807, 2.05) is 0 Å². The Morgan fingerprint density at radius 3 is 1.78 bits per heavy atom. The molecule has 5 heteroatoms. The molecule has 0 bridgehead atoms. The van der Waals surface area contributed by atoms with E-state index < -0.39 is 17.9 Å². The van der Waals surface area contributed by atoms with Gasteiger partial charge in [0.05, 0.1) is 25.4 Å². The number of nitrogens with one attached hydrogen (secondary N) is 1. The topological polar surface area (TPSA) is 64.6 Å². The summed E-state index contributed by atoms with van der Waals surface area (Å²) >= 11 is 0. The minimum atomic E-state index is -0.522. The molecule has 1 rings (SSSR count). The summed E-state index contributed by atoms with van der Waals surface area (Å²) in [6, 6.07) is 0. The fraction of sp³-hybridized carbons (Fsp3) is 0.385. The zero-order valence-corrected chi connectivity index (χ0v) is 11.0. The SMILES string of the molecule is C=CC1C(C(=O)OC)=C(C)NC(C)=C1C(=O)OC. The highest BCUT2D eigenvalue weighted by Gasteiger charge is 2.34. The molecular weight excluding hydrogens is 234 g/mol. The minimum absolute atomic E-state index is 0.374. The lowest BCUT2D eigenvalue weighted by molar-refractivity contribution is -0.137. The van der Waals surface area contributed by atoms with E-state index in [-0.39, 0.29) is 0 Å². The van der Waals surface area contributed by atoms with Gasteiger partial charge in [-0.1, -0.05) is 6.08 Å². The minimum Gasteiger partial charge on any atom is -0.466 e. The molecule has 18 heavy (non-hydrogen) atoms. The van der Waals surface area contributed by atoms with Crippen LogP contribution in [0.3, 0.4) is 0 Å². The van der Waals surface area contributed by atoms with Gasteiger partial charge in [-0.05, 0) is 13.8 Å². The number of hydrogen-bond donors (Lipinski definition) is 1. The van der Waals surface area contributed by atoms with Crippen molar-refractivity contribution in [1.82, 2.24) is 5.32 Å². The second-order valence-corrected chi connectivity index (χ2v) is 3.90. The second-order valence-electron chi connectivity index (χ2n) is 3.90. The van der Waals surface area contributed by atoms with E-state index in [4.69, 9.17) is 9.47 Å². The van der Waals surface area contributed by atoms with Crippen LogP contribution in [-0.4, -0.2) is 26.2 Å². The predicted molar refractivity (Wildman–Crippen MR) is 66.3 cm³/mol. The largest absolute Gasteiger partial charge is 0.466 e. The Balaban J connectivity index is 3.31. The number of dihydropyridines is 1. The van der Waals surface area contributed by atoms with E-state index in [0.29, 0.717) is 22.5 Å². The Morgan fingerprint density at radius 2 is 1.50 bits per heavy atom. The number of carbonyl (C=O) groups excluding carboxylic acids is 2. The second kappa shape index (κ2) is 5.53. The Labute approximate surface area is 106 Å². The standard InChI is InChI=1S/C13H17NO4/c1-6-9-10(12(15)17-4)7(2)14-8(3)11(9)13(16)18-5/h6,9,14H,1H2,2-5H3. The molecule has 1 aliphatic heterocycles. The smallest absolute Gasteiger partial charge is 0.336 e. The van der Waals surface area contributed by atoms with Crippen LogP contribution in [0.15, 0.2) is 35.2 Å². The van der Waals surface area contributed by atoms with Crippen LogP contribution < -0.4 is 5.32 Å². The fourth-order valence-corrected chi connectivity index (χ4v) is 2.04. The quantitative estimate of drug-likeness (QED) is 0.604. The molecule has 0 aromatic rings. The molecule has 98 valence electrons. The number of carbonyl (C=O) groups is 2. The number of methoxy groups -OCH3 is 2. The molecule has 0 unspecified atom stereocenters. The molecule has 1 N–H and O–H groups in total. The van der Waals surface area contributed by atoms with Gasteiger partial charge in [0.1, 0.15) is 0 Å². The third kappa shape index (κ3) is 2.30. The van der Waals surface area contributed by atoms with Gasteiger partial charge < -0.3 is 14.8 Å². The molecule has 0 radical (unpaired) electrons. The number of rotatable bonds is 3. The van der Waals surface area contributed by atoms with Gasteiger partial charge in [-0.2, -0.15) is 0 Å². The summed E-state index contributed by atoms with van der Waals surface area (Å²) in [6.45, 7) is 7.18. The van der Waals surface area contributed by atoms with Crippen LogP contribution in [0.2, 0.25) is 0 Å². The average Bonchev–Trinajstić information content (AvgIpc) is 2.36. The van der Waals surface area contributed by atoms with Gasteiger partial charge in [-0.3, -0.25) is 0 Å². The maximum Gasteiger partial charge on any atom is 0.336 e. The van der Waals surface area contributed by atoms with Crippen LogP contribution in [0, 0.1) is 5.92 Å². The Morgan fingerprint density at radius 1 is 1.11 bits per heavy atom. The van der Waals surface area contributed by atoms with Crippen molar-refractivity contribution in [3.8, 4) is 0 Å². The molecule has 1 heterocycles. The van der Waals surface area contributed by atoms with Crippen molar-refractivity contribution in [3.05, 3.63) is 35.2 Å². The molecule has 0 aromatic carbocycles. The van der Waals surface area contributed by atoms with E-state index >= 15 is 0 Å². The molecule has 0 amide bonds. The van der Waals surface area contributed by atoms with Crippen LogP contribution in [-0.2, 0) is 19.1 Å². The first-order chi connectivity index (χ1) is 8.47. The highest BCUT2D eigenvalue weighted by Crippen LogP contribution is 2.31. The lowest BCUT2D eigenvalue weighted by Crippen LogP contribution is -2.32. The summed E-state index contributed by atoms with van der Waals surface area (Å²) in [5.41, 5.74) is 2.05. The third-order valence-electron chi connectivity index (χ3n) is 2.85. The van der Waals surface area contributed by atoms with Gasteiger partial charge in [-0.25, -0.2) is 9.59 Å². The van der Waals surface area contributed by atoms with E-state index in [1.165, 1.54) is 20.3 Å². The average molecular weight is 251 g/mol. The van der Waals surface area contributed by atoms with Crippen molar-refractivity contribution < 1.29 is 19.1 Å². The van der Waals surface area contributed by atoms with Crippen LogP contribution in [0.25, 0.3) is 0 Å². The molecule has 0 aliphatic carbocycles. The van der Waals surface area contributed by atoms with Crippen molar-refractivity contribution in [2.24, 2.45) is 5.92 Å². The summed E-state index contributed by atoms with van der Waals surface area (Å²) < 4.78 is 9.46. The van der Waals surface area contributed by atoms with Gasteiger partial charge in [0.2, 0.25) is 0 Å². The first-order valence-corrected chi connectivity index (χ1v) is 5.45. The molecule has 0 fully saturated rings. The molecule has 0 saturated carbocycles. The van der Waals surface area contributed by atoms with Crippen molar-refractivity contribution in [1.29, 1.82) is 0 Å². The summed E-state index contributed by atoms with van der Waals surface area (Å²) in [5.74, 6) is -1.50. The summed E-state index contributed by atoms with van der Waals surface area (Å²) in [7, 11) is 2.59. The number of allylic oxidation sites excluding steroid dienone is 3. The van der Waals surface area contributed by atoms with Crippen LogP contribution >= 0.6 is 0 Å². The van der Waals surface area contributed by atoms with Gasteiger partial charge in [0, 0.05) is 17.3 Å². The van der Waals surface area contributed by atoms with Crippen molar-refractivity contribution in [2.45, 2.75) is 13.8 Å². The molecule has 0 atom stereocenters. The maximum absolute atomic E-state index is 11.8. The van der Waals surface area contributed by atoms with E-state index in [0.717, 1.165) is 0 Å². The fourth-order valence-electron chi connectivity index (χ4n) is 2.04. The van der Waals surface area contributed by atoms with E-state index in [9.17, 15) is 9.59 Å². The van der Waals surface area contributed by atoms with Crippen LogP contribution in [0.1, 0.15) is 13.8 Å². The maximum atomic E-state index is 11.8. The van der Waals surface area contributed by atoms with E-state index in [2.05, 4.69) is 11.9 Å². The molecular formula is C13H17NO4. The monoisotopic (exact) mass is 251 g/mol. The highest BCUT2D eigenvalue weighted by atomic mass is 16.5. The highest BCUT2D eigenvalue weighted by molar-refractivity contribution is 5.98. The zero-order chi connectivity index (χ0) is 13.9. The number of ether oxygens (including phenoxy) is 2. The first-order valence-electron chi connectivity index (χ1n) is 5.45. The van der Waals surface area contributed by atoms with Gasteiger partial charge in [0.15, 0.2) is 0 Å². The van der Waals surface area contributed by atoms with Crippen LogP contribution in [0.5, 0.6) is 0 Å². The molecule has 1 aliphatic rings. The molecule has 0 aromatic heterocycles. The molecule has 0 saturated heterocycles. The normalized spacial score (nSPS) is 16.2.